The molecule has 0 aromatic heterocycles. The van der Waals surface area contributed by atoms with Gasteiger partial charge in [0.2, 0.25) is 0 Å². The SMILES string of the molecule is COC(=O)N1C(=O)[C@]2(C[C@H](c3ccccc3)N(c3ccccc3)O2)CC1(C)C. The highest BCUT2D eigenvalue weighted by Gasteiger charge is 2.64. The molecule has 6 nitrogen and oxygen atoms in total. The Hall–Kier alpha value is -2.86. The Balaban J connectivity index is 1.76. The fourth-order valence-corrected chi connectivity index (χ4v) is 4.40. The molecule has 28 heavy (non-hydrogen) atoms. The van der Waals surface area contributed by atoms with Crippen LogP contribution < -0.4 is 5.06 Å². The predicted octanol–water partition coefficient (Wildman–Crippen LogP) is 4.09. The first-order chi connectivity index (χ1) is 13.4. The van der Waals surface area contributed by atoms with Gasteiger partial charge in [-0.15, -0.1) is 0 Å². The van der Waals surface area contributed by atoms with Crippen LogP contribution in [0.1, 0.15) is 38.3 Å². The van der Waals surface area contributed by atoms with Gasteiger partial charge in [0.25, 0.3) is 5.91 Å². The van der Waals surface area contributed by atoms with Crippen molar-refractivity contribution < 1.29 is 19.2 Å². The second kappa shape index (κ2) is 6.63. The van der Waals surface area contributed by atoms with Crippen LogP contribution in [0.3, 0.4) is 0 Å². The normalized spacial score (nSPS) is 26.1. The quantitative estimate of drug-likeness (QED) is 0.786. The Kier molecular flexibility index (Phi) is 4.38. The number of hydrogen-bond donors (Lipinski definition) is 0. The zero-order valence-electron chi connectivity index (χ0n) is 16.3. The van der Waals surface area contributed by atoms with Crippen molar-refractivity contribution in [3.8, 4) is 0 Å². The number of hydrogen-bond acceptors (Lipinski definition) is 5. The third-order valence-corrected chi connectivity index (χ3v) is 5.55. The van der Waals surface area contributed by atoms with Crippen LogP contribution in [0.4, 0.5) is 10.5 Å². The lowest BCUT2D eigenvalue weighted by Gasteiger charge is -2.27. The third kappa shape index (κ3) is 2.85. The van der Waals surface area contributed by atoms with Crippen molar-refractivity contribution in [1.82, 2.24) is 4.90 Å². The number of anilines is 1. The van der Waals surface area contributed by atoms with Crippen LogP contribution >= 0.6 is 0 Å². The minimum Gasteiger partial charge on any atom is -0.452 e. The molecular weight excluding hydrogens is 356 g/mol. The summed E-state index contributed by atoms with van der Waals surface area (Å²) in [6.07, 6.45) is 0.215. The van der Waals surface area contributed by atoms with E-state index >= 15 is 0 Å². The summed E-state index contributed by atoms with van der Waals surface area (Å²) < 4.78 is 4.86. The molecule has 4 rings (SSSR count). The molecule has 0 bridgehead atoms. The molecule has 0 aliphatic carbocycles. The molecular formula is C22H24N2O4. The first-order valence-corrected chi connectivity index (χ1v) is 9.39. The molecule has 146 valence electrons. The molecule has 2 heterocycles. The van der Waals surface area contributed by atoms with Gasteiger partial charge in [0.15, 0.2) is 5.60 Å². The highest BCUT2D eigenvalue weighted by molar-refractivity contribution is 6.00. The average molecular weight is 380 g/mol. The standard InChI is InChI=1S/C22H24N2O4/c1-21(2)15-22(19(25)23(21)20(26)27-3)14-18(16-10-6-4-7-11-16)24(28-22)17-12-8-5-9-13-17/h4-13,18H,14-15H2,1-3H3/t18-,22+/m1/s1. The van der Waals surface area contributed by atoms with Crippen LogP contribution in [0.5, 0.6) is 0 Å². The van der Waals surface area contributed by atoms with Gasteiger partial charge in [-0.1, -0.05) is 48.5 Å². The van der Waals surface area contributed by atoms with Crippen molar-refractivity contribution in [3.05, 3.63) is 66.2 Å². The van der Waals surface area contributed by atoms with E-state index in [2.05, 4.69) is 0 Å². The van der Waals surface area contributed by atoms with Crippen molar-refractivity contribution in [3.63, 3.8) is 0 Å². The van der Waals surface area contributed by atoms with Gasteiger partial charge in [0.1, 0.15) is 0 Å². The van der Waals surface area contributed by atoms with Crippen LogP contribution in [-0.2, 0) is 14.4 Å². The number of amides is 2. The van der Waals surface area contributed by atoms with E-state index in [1.54, 1.807) is 0 Å². The number of methoxy groups -OCH3 is 1. The number of likely N-dealkylation sites (tertiary alicyclic amines) is 1. The maximum Gasteiger partial charge on any atom is 0.416 e. The van der Waals surface area contributed by atoms with Gasteiger partial charge in [0, 0.05) is 12.8 Å². The van der Waals surface area contributed by atoms with Crippen molar-refractivity contribution in [2.45, 2.75) is 43.9 Å². The molecule has 0 saturated carbocycles. The number of carbonyl (C=O) groups is 2. The summed E-state index contributed by atoms with van der Waals surface area (Å²) in [5.74, 6) is -0.344. The lowest BCUT2D eigenvalue weighted by Crippen LogP contribution is -2.47. The highest BCUT2D eigenvalue weighted by atomic mass is 16.7. The van der Waals surface area contributed by atoms with Crippen LogP contribution in [0.15, 0.2) is 60.7 Å². The van der Waals surface area contributed by atoms with E-state index in [0.717, 1.165) is 11.3 Å². The Morgan fingerprint density at radius 3 is 2.29 bits per heavy atom. The summed E-state index contributed by atoms with van der Waals surface area (Å²) in [5, 5.41) is 1.81. The molecule has 2 saturated heterocycles. The van der Waals surface area contributed by atoms with Crippen molar-refractivity contribution >= 4 is 17.7 Å². The lowest BCUT2D eigenvalue weighted by molar-refractivity contribution is -0.144. The number of hydroxylamine groups is 1. The van der Waals surface area contributed by atoms with Gasteiger partial charge in [-0.05, 0) is 31.5 Å². The van der Waals surface area contributed by atoms with Gasteiger partial charge >= 0.3 is 6.09 Å². The van der Waals surface area contributed by atoms with E-state index in [1.807, 2.05) is 79.6 Å². The molecule has 2 amide bonds. The Morgan fingerprint density at radius 1 is 1.07 bits per heavy atom. The maximum absolute atomic E-state index is 13.4. The van der Waals surface area contributed by atoms with Crippen molar-refractivity contribution in [2.24, 2.45) is 0 Å². The topological polar surface area (TPSA) is 59.1 Å². The van der Waals surface area contributed by atoms with Gasteiger partial charge in [-0.25, -0.2) is 14.8 Å². The second-order valence-corrected chi connectivity index (χ2v) is 7.98. The second-order valence-electron chi connectivity index (χ2n) is 7.98. The molecule has 2 atom stereocenters. The summed E-state index contributed by atoms with van der Waals surface area (Å²) in [4.78, 5) is 33.2. The minimum atomic E-state index is -1.10. The fraction of sp³-hybridized carbons (Fsp3) is 0.364. The molecule has 0 radical (unpaired) electrons. The van der Waals surface area contributed by atoms with Crippen molar-refractivity contribution in [1.29, 1.82) is 0 Å². The summed E-state index contributed by atoms with van der Waals surface area (Å²) in [7, 11) is 1.29. The van der Waals surface area contributed by atoms with E-state index in [4.69, 9.17) is 9.57 Å². The van der Waals surface area contributed by atoms with E-state index in [-0.39, 0.29) is 11.9 Å². The maximum atomic E-state index is 13.4. The smallest absolute Gasteiger partial charge is 0.416 e. The van der Waals surface area contributed by atoms with E-state index in [0.29, 0.717) is 12.8 Å². The van der Waals surface area contributed by atoms with Crippen LogP contribution in [0.25, 0.3) is 0 Å². The predicted molar refractivity (Wildman–Crippen MR) is 104 cm³/mol. The number of rotatable bonds is 2. The largest absolute Gasteiger partial charge is 0.452 e. The third-order valence-electron chi connectivity index (χ3n) is 5.55. The average Bonchev–Trinajstić information content (AvgIpc) is 3.17. The molecule has 2 fully saturated rings. The molecule has 2 aliphatic rings. The first-order valence-electron chi connectivity index (χ1n) is 9.39. The monoisotopic (exact) mass is 380 g/mol. The molecule has 0 N–H and O–H groups in total. The van der Waals surface area contributed by atoms with Crippen LogP contribution in [0, 0.1) is 0 Å². The lowest BCUT2D eigenvalue weighted by atomic mass is 9.86. The van der Waals surface area contributed by atoms with E-state index in [9.17, 15) is 9.59 Å². The summed E-state index contributed by atoms with van der Waals surface area (Å²) in [5.41, 5.74) is 0.132. The number of imide groups is 1. The zero-order valence-corrected chi connectivity index (χ0v) is 16.3. The molecule has 1 spiro atoms. The number of carbonyl (C=O) groups excluding carboxylic acids is 2. The van der Waals surface area contributed by atoms with E-state index < -0.39 is 17.2 Å². The highest BCUT2D eigenvalue weighted by Crippen LogP contribution is 2.51. The number of benzene rings is 2. The first kappa shape index (κ1) is 18.5. The Labute approximate surface area is 164 Å². The van der Waals surface area contributed by atoms with Crippen LogP contribution in [0.2, 0.25) is 0 Å². The van der Waals surface area contributed by atoms with Gasteiger partial charge in [-0.3, -0.25) is 9.63 Å². The van der Waals surface area contributed by atoms with Gasteiger partial charge < -0.3 is 4.74 Å². The molecule has 2 aromatic rings. The van der Waals surface area contributed by atoms with Crippen LogP contribution in [-0.4, -0.2) is 35.2 Å². The molecule has 0 unspecified atom stereocenters. The summed E-state index contributed by atoms with van der Waals surface area (Å²) >= 11 is 0. The summed E-state index contributed by atoms with van der Waals surface area (Å²) in [6, 6.07) is 19.6. The Morgan fingerprint density at radius 2 is 1.68 bits per heavy atom. The zero-order chi connectivity index (χ0) is 19.9. The number of nitrogens with zero attached hydrogens (tertiary/aromatic N) is 2. The van der Waals surface area contributed by atoms with Gasteiger partial charge in [-0.2, -0.15) is 0 Å². The number of ether oxygens (including phenoxy) is 1. The molecule has 2 aromatic carbocycles. The Bertz CT molecular complexity index is 834. The van der Waals surface area contributed by atoms with Gasteiger partial charge in [0.05, 0.1) is 24.4 Å². The van der Waals surface area contributed by atoms with Crippen molar-refractivity contribution in [2.75, 3.05) is 12.2 Å². The number of para-hydroxylation sites is 1. The molecule has 6 heteroatoms. The fourth-order valence-electron chi connectivity index (χ4n) is 4.40. The minimum absolute atomic E-state index is 0.138. The summed E-state index contributed by atoms with van der Waals surface area (Å²) in [6.45, 7) is 3.73. The van der Waals surface area contributed by atoms with E-state index in [1.165, 1.54) is 12.0 Å². The molecule has 2 aliphatic heterocycles.